The van der Waals surface area contributed by atoms with Crippen molar-refractivity contribution >= 4 is 47.5 Å². The fraction of sp³-hybridized carbons (Fsp3) is 0.304. The molecule has 0 N–H and O–H groups in total. The molecule has 0 saturated carbocycles. The standard InChI is InChI=1S/C44H52N4.C2H4Cl2.Cd.2NO3/c1-5-17-41(18-6-1)25-13-29-45-33-35-46(30-14-26-42-19-7-2-8-20-42)37-39-48(32-16-28-44-23-11-4-12-24-44)40-38-47(36-34-45)31-15-27-43-21-9-3-10-22-43;3-1-2-4;;2*2-1(3)4/h1-28H,29-40H2;1-2H2;;;/q;;+2;2*-1/b25-13+,26-14+,27-15+,28-16+;;;;. The average molecular weight is 972 g/mol. The number of alkyl halides is 2. The maximum atomic E-state index is 8.25. The van der Waals surface area contributed by atoms with Crippen molar-refractivity contribution in [1.29, 1.82) is 0 Å². The smallest absolute Gasteiger partial charge is 0.356 e. The van der Waals surface area contributed by atoms with Crippen molar-refractivity contribution < 1.29 is 37.5 Å². The van der Waals surface area contributed by atoms with E-state index in [0.717, 1.165) is 78.5 Å². The van der Waals surface area contributed by atoms with Gasteiger partial charge in [0.1, 0.15) is 0 Å². The Bertz CT molecular complexity index is 1540. The number of hydrogen-bond acceptors (Lipinski definition) is 10. The van der Waals surface area contributed by atoms with E-state index in [0.29, 0.717) is 11.8 Å². The van der Waals surface area contributed by atoms with Gasteiger partial charge in [-0.1, -0.05) is 170 Å². The van der Waals surface area contributed by atoms with Crippen LogP contribution in [0.2, 0.25) is 0 Å². The van der Waals surface area contributed by atoms with E-state index < -0.39 is 10.2 Å². The Balaban J connectivity index is 0.00000127. The SMILES string of the molecule is C(=C\c1ccccc1)/CN1CCN(C/C=C/c2ccccc2)CCN(C/C=C/c2ccccc2)CCN(C/C=C/c2ccccc2)CC1.ClCCCl.O=[N+]([O-])[O-].O=[N+]([O-])[O-].[Cd+2]. The Kier molecular flexibility index (Phi) is 32.5. The number of hydrogen-bond donors (Lipinski definition) is 0. The number of nitrogens with zero attached hydrogens (tertiary/aromatic N) is 6. The number of halogens is 2. The van der Waals surface area contributed by atoms with Gasteiger partial charge in [-0.15, -0.1) is 23.2 Å². The first kappa shape index (κ1) is 54.6. The molecule has 4 aromatic rings. The molecule has 1 heterocycles. The van der Waals surface area contributed by atoms with Crippen LogP contribution in [0.15, 0.2) is 146 Å². The molecule has 1 aliphatic rings. The van der Waals surface area contributed by atoms with Crippen LogP contribution in [0.4, 0.5) is 0 Å². The zero-order valence-electron chi connectivity index (χ0n) is 34.7. The Morgan fingerprint density at radius 1 is 0.393 bits per heavy atom. The van der Waals surface area contributed by atoms with Crippen molar-refractivity contribution in [1.82, 2.24) is 19.6 Å². The van der Waals surface area contributed by atoms with Crippen molar-refractivity contribution in [3.05, 3.63) is 199 Å². The molecule has 1 fully saturated rings. The van der Waals surface area contributed by atoms with Crippen LogP contribution in [0.25, 0.3) is 24.3 Å². The molecule has 15 heteroatoms. The molecule has 322 valence electrons. The minimum absolute atomic E-state index is 0. The van der Waals surface area contributed by atoms with Gasteiger partial charge >= 0.3 is 27.3 Å². The molecule has 0 aromatic heterocycles. The molecule has 5 rings (SSSR count). The molecule has 0 atom stereocenters. The maximum Gasteiger partial charge on any atom is 2.00 e. The van der Waals surface area contributed by atoms with Crippen LogP contribution < -0.4 is 0 Å². The molecule has 4 aromatic carbocycles. The summed E-state index contributed by atoms with van der Waals surface area (Å²) in [7, 11) is 0. The normalized spacial score (nSPS) is 14.7. The number of benzene rings is 4. The third-order valence-corrected chi connectivity index (χ3v) is 9.47. The molecular formula is C46H56CdCl2N6O6. The molecule has 61 heavy (non-hydrogen) atoms. The molecule has 0 amide bonds. The van der Waals surface area contributed by atoms with E-state index in [2.05, 4.69) is 190 Å². The first-order valence-electron chi connectivity index (χ1n) is 19.7. The topological polar surface area (TPSA) is 145 Å². The molecule has 1 saturated heterocycles. The van der Waals surface area contributed by atoms with Gasteiger partial charge in [-0.05, 0) is 22.3 Å². The summed E-state index contributed by atoms with van der Waals surface area (Å²) in [6, 6.07) is 42.6. The van der Waals surface area contributed by atoms with E-state index in [4.69, 9.17) is 53.8 Å². The Morgan fingerprint density at radius 3 is 0.705 bits per heavy atom. The second-order valence-corrected chi connectivity index (χ2v) is 14.0. The predicted molar refractivity (Wildman–Crippen MR) is 250 cm³/mol. The van der Waals surface area contributed by atoms with Crippen LogP contribution in [-0.4, -0.2) is 120 Å². The van der Waals surface area contributed by atoms with E-state index in [1.807, 2.05) is 0 Å². The summed E-state index contributed by atoms with van der Waals surface area (Å²) in [5, 5.41) is 29.5. The van der Waals surface area contributed by atoms with Crippen LogP contribution in [0.5, 0.6) is 0 Å². The third kappa shape index (κ3) is 30.3. The van der Waals surface area contributed by atoms with Gasteiger partial charge in [0.15, 0.2) is 0 Å². The van der Waals surface area contributed by atoms with Gasteiger partial charge in [0.2, 0.25) is 0 Å². The fourth-order valence-electron chi connectivity index (χ4n) is 5.92. The van der Waals surface area contributed by atoms with Gasteiger partial charge in [0, 0.05) is 90.3 Å². The van der Waals surface area contributed by atoms with Gasteiger partial charge in [0.05, 0.1) is 10.2 Å². The Hall–Kier alpha value is -4.42. The zero-order chi connectivity index (χ0) is 43.5. The first-order valence-corrected chi connectivity index (χ1v) is 20.8. The van der Waals surface area contributed by atoms with Crippen LogP contribution in [0.3, 0.4) is 0 Å². The number of rotatable bonds is 13. The van der Waals surface area contributed by atoms with Gasteiger partial charge in [0.25, 0.3) is 0 Å². The zero-order valence-corrected chi connectivity index (χ0v) is 40.2. The molecule has 0 radical (unpaired) electrons. The second-order valence-electron chi connectivity index (χ2n) is 13.3. The van der Waals surface area contributed by atoms with Crippen LogP contribution in [-0.2, 0) is 27.3 Å². The van der Waals surface area contributed by atoms with E-state index in [9.17, 15) is 0 Å². The summed E-state index contributed by atoms with van der Waals surface area (Å²) < 4.78 is 0. The van der Waals surface area contributed by atoms with E-state index in [1.54, 1.807) is 0 Å². The van der Waals surface area contributed by atoms with Crippen molar-refractivity contribution in [2.45, 2.75) is 0 Å². The van der Waals surface area contributed by atoms with Crippen molar-refractivity contribution in [2.75, 3.05) is 90.3 Å². The van der Waals surface area contributed by atoms with Gasteiger partial charge in [-0.25, -0.2) is 0 Å². The quantitative estimate of drug-likeness (QED) is 0.0551. The molecular weight excluding hydrogens is 916 g/mol. The minimum Gasteiger partial charge on any atom is -0.356 e. The van der Waals surface area contributed by atoms with Gasteiger partial charge in [-0.3, -0.25) is 19.6 Å². The third-order valence-electron chi connectivity index (χ3n) is 8.90. The molecule has 0 bridgehead atoms. The summed E-state index contributed by atoms with van der Waals surface area (Å²) in [5.41, 5.74) is 5.03. The maximum absolute atomic E-state index is 8.25. The predicted octanol–water partition coefficient (Wildman–Crippen LogP) is 9.04. The molecule has 12 nitrogen and oxygen atoms in total. The van der Waals surface area contributed by atoms with Crippen molar-refractivity contribution in [3.63, 3.8) is 0 Å². The van der Waals surface area contributed by atoms with Crippen LogP contribution in [0.1, 0.15) is 22.3 Å². The summed E-state index contributed by atoms with van der Waals surface area (Å²) in [5.74, 6) is 1.11. The molecule has 0 spiro atoms. The van der Waals surface area contributed by atoms with Gasteiger partial charge < -0.3 is 30.6 Å². The summed E-state index contributed by atoms with van der Waals surface area (Å²) in [6.45, 7) is 12.1. The monoisotopic (exact) mass is 972 g/mol. The van der Waals surface area contributed by atoms with E-state index >= 15 is 0 Å². The second kappa shape index (κ2) is 36.3. The summed E-state index contributed by atoms with van der Waals surface area (Å²) >= 11 is 10.1. The minimum atomic E-state index is -1.75. The summed E-state index contributed by atoms with van der Waals surface area (Å²) in [4.78, 5) is 27.0. The molecule has 1 aliphatic heterocycles. The average Bonchev–Trinajstić information content (AvgIpc) is 3.25. The van der Waals surface area contributed by atoms with E-state index in [-0.39, 0.29) is 27.3 Å². The van der Waals surface area contributed by atoms with Crippen LogP contribution in [0, 0.1) is 30.6 Å². The van der Waals surface area contributed by atoms with Crippen molar-refractivity contribution in [2.24, 2.45) is 0 Å². The van der Waals surface area contributed by atoms with Crippen molar-refractivity contribution in [3.8, 4) is 0 Å². The molecule has 0 unspecified atom stereocenters. The van der Waals surface area contributed by atoms with Crippen LogP contribution >= 0.6 is 23.2 Å². The largest absolute Gasteiger partial charge is 2.00 e. The first-order chi connectivity index (χ1) is 29.2. The van der Waals surface area contributed by atoms with E-state index in [1.165, 1.54) is 22.3 Å². The molecule has 0 aliphatic carbocycles. The van der Waals surface area contributed by atoms with Gasteiger partial charge in [-0.2, -0.15) is 0 Å². The Morgan fingerprint density at radius 2 is 0.557 bits per heavy atom. The fourth-order valence-corrected chi connectivity index (χ4v) is 5.92. The Labute approximate surface area is 391 Å². The summed E-state index contributed by atoms with van der Waals surface area (Å²) in [6.07, 6.45) is 18.4.